The number of hydrogen-bond acceptors (Lipinski definition) is 1. The van der Waals surface area contributed by atoms with Crippen LogP contribution in [0.2, 0.25) is 0 Å². The van der Waals surface area contributed by atoms with Gasteiger partial charge in [0.2, 0.25) is 5.91 Å². The van der Waals surface area contributed by atoms with Crippen LogP contribution in [0.3, 0.4) is 0 Å². The molecule has 0 rings (SSSR count). The third-order valence-electron chi connectivity index (χ3n) is 1.40. The highest BCUT2D eigenvalue weighted by molar-refractivity contribution is 5.76. The quantitative estimate of drug-likeness (QED) is 0.468. The number of unbranched alkanes of at least 4 members (excludes halogenated alkanes) is 2. The van der Waals surface area contributed by atoms with Gasteiger partial charge in [0.1, 0.15) is 0 Å². The Balaban J connectivity index is 3.17. The first-order valence-electron chi connectivity index (χ1n) is 4.01. The van der Waals surface area contributed by atoms with Gasteiger partial charge < -0.3 is 5.32 Å². The Labute approximate surface area is 68.4 Å². The van der Waals surface area contributed by atoms with Crippen LogP contribution >= 0.6 is 0 Å². The van der Waals surface area contributed by atoms with E-state index in [-0.39, 0.29) is 5.91 Å². The van der Waals surface area contributed by atoms with Crippen LogP contribution in [0, 0.1) is 12.3 Å². The topological polar surface area (TPSA) is 29.1 Å². The first-order valence-corrected chi connectivity index (χ1v) is 4.01. The largest absolute Gasteiger partial charge is 0.345 e. The Kier molecular flexibility index (Phi) is 6.51. The molecule has 0 unspecified atom stereocenters. The van der Waals surface area contributed by atoms with E-state index < -0.39 is 0 Å². The van der Waals surface area contributed by atoms with Crippen LogP contribution in [-0.4, -0.2) is 12.5 Å². The molecule has 0 bridgehead atoms. The minimum absolute atomic E-state index is 0.0661. The number of nitrogens with one attached hydrogen (secondary N) is 1. The molecule has 0 spiro atoms. The summed E-state index contributed by atoms with van der Waals surface area (Å²) in [4.78, 5) is 10.9. The van der Waals surface area contributed by atoms with Gasteiger partial charge in [-0.25, -0.2) is 0 Å². The van der Waals surface area contributed by atoms with Crippen LogP contribution in [0.1, 0.15) is 32.6 Å². The summed E-state index contributed by atoms with van der Waals surface area (Å²) in [5, 5.41) is 2.62. The van der Waals surface area contributed by atoms with Crippen molar-refractivity contribution in [3.63, 3.8) is 0 Å². The number of terminal acetylenes is 1. The summed E-state index contributed by atoms with van der Waals surface area (Å²) in [6.45, 7) is 2.46. The van der Waals surface area contributed by atoms with Crippen molar-refractivity contribution >= 4 is 5.91 Å². The number of rotatable bonds is 5. The van der Waals surface area contributed by atoms with Crippen LogP contribution in [0.4, 0.5) is 0 Å². The molecule has 11 heavy (non-hydrogen) atoms. The van der Waals surface area contributed by atoms with Crippen LogP contribution in [0.5, 0.6) is 0 Å². The second kappa shape index (κ2) is 7.14. The Bertz CT molecular complexity index is 146. The molecular formula is C9H15NO. The van der Waals surface area contributed by atoms with Crippen LogP contribution < -0.4 is 5.32 Å². The van der Waals surface area contributed by atoms with Crippen molar-refractivity contribution in [1.29, 1.82) is 0 Å². The summed E-state index contributed by atoms with van der Waals surface area (Å²) in [5.74, 6) is 2.42. The molecule has 0 fully saturated rings. The molecule has 0 aliphatic carbocycles. The summed E-state index contributed by atoms with van der Waals surface area (Å²) in [6.07, 6.45) is 8.79. The number of carbonyl (C=O) groups is 1. The highest BCUT2D eigenvalue weighted by Crippen LogP contribution is 1.97. The SMILES string of the molecule is C#CCNC(=O)CCCCC. The van der Waals surface area contributed by atoms with Crippen LogP contribution in [0.15, 0.2) is 0 Å². The maximum absolute atomic E-state index is 10.9. The van der Waals surface area contributed by atoms with Crippen molar-refractivity contribution in [1.82, 2.24) is 5.32 Å². The minimum atomic E-state index is 0.0661. The fourth-order valence-corrected chi connectivity index (χ4v) is 0.774. The fraction of sp³-hybridized carbons (Fsp3) is 0.667. The number of amides is 1. The zero-order valence-corrected chi connectivity index (χ0v) is 7.02. The third-order valence-corrected chi connectivity index (χ3v) is 1.40. The van der Waals surface area contributed by atoms with E-state index in [1.807, 2.05) is 0 Å². The summed E-state index contributed by atoms with van der Waals surface area (Å²) in [7, 11) is 0. The molecular weight excluding hydrogens is 138 g/mol. The van der Waals surface area contributed by atoms with Gasteiger partial charge in [-0.15, -0.1) is 6.42 Å². The molecule has 0 aliphatic rings. The Morgan fingerprint density at radius 1 is 1.55 bits per heavy atom. The van der Waals surface area contributed by atoms with Gasteiger partial charge in [-0.1, -0.05) is 25.7 Å². The zero-order valence-electron chi connectivity index (χ0n) is 7.02. The van der Waals surface area contributed by atoms with E-state index in [1.165, 1.54) is 0 Å². The van der Waals surface area contributed by atoms with E-state index in [4.69, 9.17) is 6.42 Å². The fourth-order valence-electron chi connectivity index (χ4n) is 0.774. The number of hydrogen-bond donors (Lipinski definition) is 1. The third kappa shape index (κ3) is 6.92. The van der Waals surface area contributed by atoms with Crippen molar-refractivity contribution < 1.29 is 4.79 Å². The molecule has 0 aromatic heterocycles. The van der Waals surface area contributed by atoms with Gasteiger partial charge in [0.05, 0.1) is 6.54 Å². The van der Waals surface area contributed by atoms with Gasteiger partial charge in [-0.2, -0.15) is 0 Å². The lowest BCUT2D eigenvalue weighted by atomic mass is 10.2. The lowest BCUT2D eigenvalue weighted by molar-refractivity contribution is -0.120. The maximum atomic E-state index is 10.9. The van der Waals surface area contributed by atoms with Gasteiger partial charge in [0.15, 0.2) is 0 Å². The Morgan fingerprint density at radius 3 is 2.82 bits per heavy atom. The second-order valence-corrected chi connectivity index (χ2v) is 2.44. The molecule has 0 aliphatic heterocycles. The zero-order chi connectivity index (χ0) is 8.53. The smallest absolute Gasteiger partial charge is 0.220 e. The van der Waals surface area contributed by atoms with E-state index in [9.17, 15) is 4.79 Å². The van der Waals surface area contributed by atoms with E-state index in [1.54, 1.807) is 0 Å². The predicted molar refractivity (Wildman–Crippen MR) is 46.0 cm³/mol. The molecule has 0 aromatic rings. The molecule has 0 saturated heterocycles. The van der Waals surface area contributed by atoms with E-state index in [0.29, 0.717) is 13.0 Å². The lowest BCUT2D eigenvalue weighted by Crippen LogP contribution is -2.22. The average Bonchev–Trinajstić information content (AvgIpc) is 2.01. The minimum Gasteiger partial charge on any atom is -0.345 e. The van der Waals surface area contributed by atoms with Gasteiger partial charge in [0.25, 0.3) is 0 Å². The first kappa shape index (κ1) is 10.0. The lowest BCUT2D eigenvalue weighted by Gasteiger charge is -1.99. The monoisotopic (exact) mass is 153 g/mol. The molecule has 0 atom stereocenters. The summed E-state index contributed by atoms with van der Waals surface area (Å²) in [6, 6.07) is 0. The van der Waals surface area contributed by atoms with Crippen molar-refractivity contribution in [3.8, 4) is 12.3 Å². The van der Waals surface area contributed by atoms with E-state index in [2.05, 4.69) is 18.2 Å². The van der Waals surface area contributed by atoms with Crippen LogP contribution in [-0.2, 0) is 4.79 Å². The Hall–Kier alpha value is -0.970. The van der Waals surface area contributed by atoms with E-state index >= 15 is 0 Å². The first-order chi connectivity index (χ1) is 5.31. The molecule has 2 nitrogen and oxygen atoms in total. The van der Waals surface area contributed by atoms with Gasteiger partial charge in [-0.05, 0) is 6.42 Å². The van der Waals surface area contributed by atoms with Crippen molar-refractivity contribution in [2.24, 2.45) is 0 Å². The molecule has 1 N–H and O–H groups in total. The molecule has 0 aromatic carbocycles. The predicted octanol–water partition coefficient (Wildman–Crippen LogP) is 1.32. The summed E-state index contributed by atoms with van der Waals surface area (Å²) in [5.41, 5.74) is 0. The van der Waals surface area contributed by atoms with Crippen molar-refractivity contribution in [2.75, 3.05) is 6.54 Å². The maximum Gasteiger partial charge on any atom is 0.220 e. The molecule has 0 radical (unpaired) electrons. The summed E-state index contributed by atoms with van der Waals surface area (Å²) < 4.78 is 0. The average molecular weight is 153 g/mol. The van der Waals surface area contributed by atoms with Gasteiger partial charge in [-0.3, -0.25) is 4.79 Å². The van der Waals surface area contributed by atoms with Crippen molar-refractivity contribution in [2.45, 2.75) is 32.6 Å². The number of carbonyl (C=O) groups excluding carboxylic acids is 1. The van der Waals surface area contributed by atoms with Crippen LogP contribution in [0.25, 0.3) is 0 Å². The second-order valence-electron chi connectivity index (χ2n) is 2.44. The molecule has 1 amide bonds. The molecule has 62 valence electrons. The van der Waals surface area contributed by atoms with Crippen molar-refractivity contribution in [3.05, 3.63) is 0 Å². The van der Waals surface area contributed by atoms with Gasteiger partial charge >= 0.3 is 0 Å². The van der Waals surface area contributed by atoms with Gasteiger partial charge in [0, 0.05) is 6.42 Å². The Morgan fingerprint density at radius 2 is 2.27 bits per heavy atom. The molecule has 0 heterocycles. The molecule has 0 saturated carbocycles. The molecule has 2 heteroatoms. The summed E-state index contributed by atoms with van der Waals surface area (Å²) >= 11 is 0. The highest BCUT2D eigenvalue weighted by Gasteiger charge is 1.96. The normalized spacial score (nSPS) is 8.73. The standard InChI is InChI=1S/C9H15NO/c1-3-5-6-7-9(11)10-8-4-2/h2H,3,5-8H2,1H3,(H,10,11). The van der Waals surface area contributed by atoms with E-state index in [0.717, 1.165) is 19.3 Å². The highest BCUT2D eigenvalue weighted by atomic mass is 16.1.